The topological polar surface area (TPSA) is 110 Å². The number of hydrogen-bond donors (Lipinski definition) is 0. The van der Waals surface area contributed by atoms with E-state index < -0.39 is 23.0 Å². The van der Waals surface area contributed by atoms with Crippen LogP contribution in [0.3, 0.4) is 0 Å². The van der Waals surface area contributed by atoms with Crippen LogP contribution < -0.4 is 0 Å². The van der Waals surface area contributed by atoms with Crippen molar-refractivity contribution in [2.45, 2.75) is 13.3 Å². The molecule has 0 spiro atoms. The van der Waals surface area contributed by atoms with Crippen molar-refractivity contribution in [1.29, 1.82) is 5.26 Å². The van der Waals surface area contributed by atoms with E-state index in [1.54, 1.807) is 13.0 Å². The number of carbonyl (C=O) groups is 2. The number of nitro benzene ring substituents is 1. The number of esters is 1. The fourth-order valence-electron chi connectivity index (χ4n) is 1.60. The summed E-state index contributed by atoms with van der Waals surface area (Å²) in [6.45, 7) is 1.72. The van der Waals surface area contributed by atoms with Gasteiger partial charge in [0.15, 0.2) is 6.29 Å². The number of benzene rings is 1. The Balaban J connectivity index is 3.40. The Morgan fingerprint density at radius 2 is 2.26 bits per heavy atom. The van der Waals surface area contributed by atoms with E-state index in [-0.39, 0.29) is 23.3 Å². The highest BCUT2D eigenvalue weighted by Crippen LogP contribution is 2.26. The van der Waals surface area contributed by atoms with E-state index in [4.69, 9.17) is 10.00 Å². The van der Waals surface area contributed by atoms with Gasteiger partial charge >= 0.3 is 5.97 Å². The van der Waals surface area contributed by atoms with Crippen molar-refractivity contribution in [2.75, 3.05) is 6.61 Å². The van der Waals surface area contributed by atoms with E-state index in [9.17, 15) is 19.7 Å². The molecular weight excluding hydrogens is 252 g/mol. The number of nitro groups is 1. The highest BCUT2D eigenvalue weighted by Gasteiger charge is 2.25. The van der Waals surface area contributed by atoms with E-state index in [1.807, 2.05) is 0 Å². The zero-order valence-corrected chi connectivity index (χ0v) is 10.1. The molecule has 1 aromatic rings. The smallest absolute Gasteiger partial charge is 0.310 e. The lowest BCUT2D eigenvalue weighted by molar-refractivity contribution is -0.385. The van der Waals surface area contributed by atoms with Gasteiger partial charge in [0.25, 0.3) is 5.69 Å². The molecule has 0 fully saturated rings. The van der Waals surface area contributed by atoms with Crippen molar-refractivity contribution >= 4 is 17.9 Å². The lowest BCUT2D eigenvalue weighted by Gasteiger charge is -2.07. The third-order valence-corrected chi connectivity index (χ3v) is 2.38. The molecule has 0 saturated heterocycles. The van der Waals surface area contributed by atoms with Gasteiger partial charge in [-0.2, -0.15) is 5.26 Å². The predicted octanol–water partition coefficient (Wildman–Crippen LogP) is 1.38. The minimum Gasteiger partial charge on any atom is -0.466 e. The van der Waals surface area contributed by atoms with Crippen molar-refractivity contribution in [2.24, 2.45) is 0 Å². The fraction of sp³-hybridized carbons (Fsp3) is 0.250. The number of ether oxygens (including phenoxy) is 1. The molecule has 0 aliphatic carbocycles. The average Bonchev–Trinajstić information content (AvgIpc) is 2.37. The number of aldehydes is 1. The van der Waals surface area contributed by atoms with Crippen molar-refractivity contribution in [1.82, 2.24) is 0 Å². The normalized spacial score (nSPS) is 9.47. The van der Waals surface area contributed by atoms with Crippen LogP contribution in [0.5, 0.6) is 0 Å². The number of hydrogen-bond acceptors (Lipinski definition) is 6. The molecule has 1 aromatic carbocycles. The second-order valence-corrected chi connectivity index (χ2v) is 3.50. The Kier molecular flexibility index (Phi) is 4.71. The molecule has 19 heavy (non-hydrogen) atoms. The summed E-state index contributed by atoms with van der Waals surface area (Å²) in [5, 5.41) is 19.8. The van der Waals surface area contributed by atoms with Crippen LogP contribution in [0.15, 0.2) is 12.1 Å². The predicted molar refractivity (Wildman–Crippen MR) is 63.5 cm³/mol. The first kappa shape index (κ1) is 14.3. The molecule has 1 rings (SSSR count). The summed E-state index contributed by atoms with van der Waals surface area (Å²) in [6, 6.07) is 4.11. The van der Waals surface area contributed by atoms with Gasteiger partial charge in [0.2, 0.25) is 0 Å². The molecule has 0 aliphatic rings. The van der Waals surface area contributed by atoms with E-state index in [0.29, 0.717) is 6.29 Å². The minimum absolute atomic E-state index is 0.00115. The molecule has 0 radical (unpaired) electrons. The molecule has 0 saturated carbocycles. The molecule has 7 heteroatoms. The standard InChI is InChI=1S/C12H10N2O5/c1-2-19-11(16)5-10-9(7-15)4-3-8(6-13)12(10)14(17)18/h3-4,7H,2,5H2,1H3. The summed E-state index contributed by atoms with van der Waals surface area (Å²) in [7, 11) is 0. The Morgan fingerprint density at radius 1 is 1.58 bits per heavy atom. The van der Waals surface area contributed by atoms with Crippen molar-refractivity contribution in [3.05, 3.63) is 38.9 Å². The second-order valence-electron chi connectivity index (χ2n) is 3.50. The molecule has 98 valence electrons. The zero-order chi connectivity index (χ0) is 14.4. The van der Waals surface area contributed by atoms with E-state index >= 15 is 0 Å². The first-order chi connectivity index (χ1) is 9.04. The van der Waals surface area contributed by atoms with Crippen LogP contribution in [0.4, 0.5) is 5.69 Å². The van der Waals surface area contributed by atoms with Gasteiger partial charge in [-0.3, -0.25) is 19.7 Å². The van der Waals surface area contributed by atoms with Gasteiger partial charge in [-0.05, 0) is 19.1 Å². The number of rotatable bonds is 5. The minimum atomic E-state index is -0.778. The van der Waals surface area contributed by atoms with Gasteiger partial charge in [-0.15, -0.1) is 0 Å². The zero-order valence-electron chi connectivity index (χ0n) is 10.1. The average molecular weight is 262 g/mol. The van der Waals surface area contributed by atoms with Crippen LogP contribution in [-0.4, -0.2) is 23.8 Å². The molecule has 0 unspecified atom stereocenters. The quantitative estimate of drug-likeness (QED) is 0.343. The maximum absolute atomic E-state index is 11.4. The van der Waals surface area contributed by atoms with Gasteiger partial charge in [-0.25, -0.2) is 0 Å². The van der Waals surface area contributed by atoms with Crippen LogP contribution in [0.2, 0.25) is 0 Å². The Hall–Kier alpha value is -2.75. The molecule has 0 heterocycles. The van der Waals surface area contributed by atoms with Crippen molar-refractivity contribution in [3.63, 3.8) is 0 Å². The monoisotopic (exact) mass is 262 g/mol. The Labute approximate surface area is 108 Å². The molecular formula is C12H10N2O5. The largest absolute Gasteiger partial charge is 0.466 e. The molecule has 0 atom stereocenters. The van der Waals surface area contributed by atoms with E-state index in [0.717, 1.165) is 0 Å². The number of carbonyl (C=O) groups excluding carboxylic acids is 2. The summed E-state index contributed by atoms with van der Waals surface area (Å²) < 4.78 is 4.69. The second kappa shape index (κ2) is 6.26. The maximum atomic E-state index is 11.4. The summed E-state index contributed by atoms with van der Waals surface area (Å²) in [6.07, 6.45) is -0.0174. The van der Waals surface area contributed by atoms with Gasteiger partial charge < -0.3 is 4.74 Å². The van der Waals surface area contributed by atoms with Crippen LogP contribution in [0, 0.1) is 21.4 Å². The fourth-order valence-corrected chi connectivity index (χ4v) is 1.60. The molecule has 0 bridgehead atoms. The first-order valence-electron chi connectivity index (χ1n) is 5.36. The highest BCUT2D eigenvalue weighted by atomic mass is 16.6. The molecule has 0 amide bonds. The lowest BCUT2D eigenvalue weighted by Crippen LogP contribution is -2.12. The maximum Gasteiger partial charge on any atom is 0.310 e. The molecule has 0 N–H and O–H groups in total. The Bertz CT molecular complexity index is 574. The van der Waals surface area contributed by atoms with Crippen LogP contribution in [0.1, 0.15) is 28.4 Å². The number of nitrogens with zero attached hydrogens (tertiary/aromatic N) is 2. The third kappa shape index (κ3) is 3.13. The van der Waals surface area contributed by atoms with Gasteiger partial charge in [-0.1, -0.05) is 0 Å². The van der Waals surface area contributed by atoms with Crippen molar-refractivity contribution < 1.29 is 19.2 Å². The van der Waals surface area contributed by atoms with Crippen molar-refractivity contribution in [3.8, 4) is 6.07 Å². The first-order valence-corrected chi connectivity index (χ1v) is 5.36. The molecule has 7 nitrogen and oxygen atoms in total. The van der Waals surface area contributed by atoms with Gasteiger partial charge in [0, 0.05) is 5.56 Å². The lowest BCUT2D eigenvalue weighted by atomic mass is 9.99. The summed E-state index contributed by atoms with van der Waals surface area (Å²) >= 11 is 0. The highest BCUT2D eigenvalue weighted by molar-refractivity contribution is 5.85. The van der Waals surface area contributed by atoms with E-state index in [2.05, 4.69) is 0 Å². The number of nitriles is 1. The summed E-state index contributed by atoms with van der Waals surface area (Å²) in [4.78, 5) is 32.5. The SMILES string of the molecule is CCOC(=O)Cc1c(C=O)ccc(C#N)c1[N+](=O)[O-]. The van der Waals surface area contributed by atoms with Gasteiger partial charge in [0.1, 0.15) is 11.6 Å². The van der Waals surface area contributed by atoms with Crippen LogP contribution in [-0.2, 0) is 16.0 Å². The molecule has 0 aliphatic heterocycles. The third-order valence-electron chi connectivity index (χ3n) is 2.38. The summed E-state index contributed by atoms with van der Waals surface area (Å²) in [5.74, 6) is -0.691. The molecule has 0 aromatic heterocycles. The van der Waals surface area contributed by atoms with Crippen LogP contribution in [0.25, 0.3) is 0 Å². The summed E-state index contributed by atoms with van der Waals surface area (Å²) in [5.41, 5.74) is -0.827. The van der Waals surface area contributed by atoms with E-state index in [1.165, 1.54) is 12.1 Å². The van der Waals surface area contributed by atoms with Crippen LogP contribution >= 0.6 is 0 Å². The Morgan fingerprint density at radius 3 is 2.74 bits per heavy atom. The van der Waals surface area contributed by atoms with Gasteiger partial charge in [0.05, 0.1) is 23.5 Å².